The largest absolute Gasteiger partial charge is 0.489 e. The number of carbonyl (C=O) groups excluding carboxylic acids is 1. The monoisotopic (exact) mass is 382 g/mol. The van der Waals surface area contributed by atoms with Crippen LogP contribution in [0.2, 0.25) is 0 Å². The third-order valence-corrected chi connectivity index (χ3v) is 4.40. The van der Waals surface area contributed by atoms with Crippen molar-refractivity contribution in [1.82, 2.24) is 20.4 Å². The summed E-state index contributed by atoms with van der Waals surface area (Å²) in [5.41, 5.74) is 1.07. The number of nitrogens with one attached hydrogen (secondary N) is 2. The van der Waals surface area contributed by atoms with E-state index in [2.05, 4.69) is 15.7 Å². The van der Waals surface area contributed by atoms with Crippen molar-refractivity contribution in [2.75, 3.05) is 19.6 Å². The first-order chi connectivity index (χ1) is 12.0. The first-order valence-electron chi connectivity index (χ1n) is 8.42. The van der Waals surface area contributed by atoms with Gasteiger partial charge in [-0.15, -0.1) is 12.4 Å². The second-order valence-corrected chi connectivity index (χ2v) is 6.45. The summed E-state index contributed by atoms with van der Waals surface area (Å²) in [5.74, 6) is 0.0925. The molecule has 0 spiro atoms. The molecule has 1 aromatic heterocycles. The van der Waals surface area contributed by atoms with Gasteiger partial charge in [0.25, 0.3) is 0 Å². The van der Waals surface area contributed by atoms with E-state index in [9.17, 15) is 9.18 Å². The Kier molecular flexibility index (Phi) is 6.99. The fraction of sp³-hybridized carbons (Fsp3) is 0.444. The van der Waals surface area contributed by atoms with Crippen molar-refractivity contribution >= 4 is 18.3 Å². The zero-order valence-corrected chi connectivity index (χ0v) is 15.6. The van der Waals surface area contributed by atoms with E-state index in [-0.39, 0.29) is 42.1 Å². The van der Waals surface area contributed by atoms with Crippen molar-refractivity contribution < 1.29 is 13.9 Å². The number of aromatic nitrogens is 2. The molecule has 3 rings (SSSR count). The molecule has 1 aromatic carbocycles. The van der Waals surface area contributed by atoms with Gasteiger partial charge in [0.05, 0.1) is 18.7 Å². The van der Waals surface area contributed by atoms with E-state index < -0.39 is 0 Å². The number of hydrogen-bond acceptors (Lipinski definition) is 4. The summed E-state index contributed by atoms with van der Waals surface area (Å²) in [5, 5.41) is 10.4. The number of nitrogens with zero attached hydrogens (tertiary/aromatic N) is 2. The Hall–Kier alpha value is -2.12. The molecule has 2 aromatic rings. The number of halogens is 2. The molecule has 0 aliphatic carbocycles. The minimum absolute atomic E-state index is 0. The molecular weight excluding hydrogens is 359 g/mol. The van der Waals surface area contributed by atoms with Crippen molar-refractivity contribution in [2.45, 2.75) is 18.9 Å². The van der Waals surface area contributed by atoms with Crippen LogP contribution in [0.5, 0.6) is 5.75 Å². The summed E-state index contributed by atoms with van der Waals surface area (Å²) >= 11 is 0. The van der Waals surface area contributed by atoms with Crippen LogP contribution < -0.4 is 15.4 Å². The second kappa shape index (κ2) is 9.00. The third-order valence-electron chi connectivity index (χ3n) is 4.40. The number of aryl methyl sites for hydroxylation is 1. The third kappa shape index (κ3) is 4.95. The maximum Gasteiger partial charge on any atom is 0.225 e. The molecule has 0 saturated carbocycles. The van der Waals surface area contributed by atoms with Crippen molar-refractivity contribution in [3.63, 3.8) is 0 Å². The van der Waals surface area contributed by atoms with Crippen LogP contribution in [0.15, 0.2) is 36.7 Å². The van der Waals surface area contributed by atoms with Crippen molar-refractivity contribution in [2.24, 2.45) is 13.0 Å². The number of benzene rings is 1. The lowest BCUT2D eigenvalue weighted by Gasteiger charge is -2.20. The summed E-state index contributed by atoms with van der Waals surface area (Å²) in [6.45, 7) is 3.62. The molecule has 2 N–H and O–H groups in total. The first-order valence-corrected chi connectivity index (χ1v) is 8.42. The molecule has 0 bridgehead atoms. The number of rotatable bonds is 6. The standard InChI is InChI=1S/C18H23FN4O2.ClH/c1-12(25-15-5-3-4-14(19)6-15)7-21-18(24)17-10-20-9-16(17)13-8-22-23(2)11-13;/h3-6,8,11-12,16-17,20H,7,9-10H2,1-2H3,(H,21,24);1H/t12?,16-,17+;/m1./s1. The highest BCUT2D eigenvalue weighted by Gasteiger charge is 2.34. The SMILES string of the molecule is CC(CNC(=O)[C@H]1CNC[C@@H]1c1cnn(C)c1)Oc1cccc(F)c1.Cl. The Labute approximate surface area is 158 Å². The smallest absolute Gasteiger partial charge is 0.225 e. The minimum Gasteiger partial charge on any atom is -0.489 e. The molecular formula is C18H24ClFN4O2. The van der Waals surface area contributed by atoms with Crippen LogP contribution in [0.3, 0.4) is 0 Å². The fourth-order valence-electron chi connectivity index (χ4n) is 3.13. The van der Waals surface area contributed by atoms with Gasteiger partial charge < -0.3 is 15.4 Å². The minimum atomic E-state index is -0.343. The van der Waals surface area contributed by atoms with Gasteiger partial charge in [0, 0.05) is 38.3 Å². The van der Waals surface area contributed by atoms with E-state index in [4.69, 9.17) is 4.74 Å². The Morgan fingerprint density at radius 2 is 2.31 bits per heavy atom. The van der Waals surface area contributed by atoms with Gasteiger partial charge in [0.1, 0.15) is 17.7 Å². The van der Waals surface area contributed by atoms with Crippen LogP contribution in [0.4, 0.5) is 4.39 Å². The summed E-state index contributed by atoms with van der Waals surface area (Å²) < 4.78 is 20.6. The van der Waals surface area contributed by atoms with E-state index in [0.29, 0.717) is 18.8 Å². The van der Waals surface area contributed by atoms with E-state index in [1.807, 2.05) is 26.4 Å². The number of carbonyl (C=O) groups is 1. The van der Waals surface area contributed by atoms with Gasteiger partial charge in [-0.1, -0.05) is 6.07 Å². The summed E-state index contributed by atoms with van der Waals surface area (Å²) in [7, 11) is 1.87. The van der Waals surface area contributed by atoms with Crippen LogP contribution in [0.1, 0.15) is 18.4 Å². The molecule has 0 radical (unpaired) electrons. The van der Waals surface area contributed by atoms with Gasteiger partial charge in [0.2, 0.25) is 5.91 Å². The number of amides is 1. The predicted octanol–water partition coefficient (Wildman–Crippen LogP) is 1.87. The molecule has 6 nitrogen and oxygen atoms in total. The van der Waals surface area contributed by atoms with Gasteiger partial charge >= 0.3 is 0 Å². The van der Waals surface area contributed by atoms with Crippen LogP contribution in [0, 0.1) is 11.7 Å². The second-order valence-electron chi connectivity index (χ2n) is 6.45. The van der Waals surface area contributed by atoms with Gasteiger partial charge in [0.15, 0.2) is 0 Å². The zero-order chi connectivity index (χ0) is 17.8. The lowest BCUT2D eigenvalue weighted by molar-refractivity contribution is -0.125. The van der Waals surface area contributed by atoms with Crippen molar-refractivity contribution in [3.8, 4) is 5.75 Å². The van der Waals surface area contributed by atoms with E-state index >= 15 is 0 Å². The van der Waals surface area contributed by atoms with E-state index in [0.717, 1.165) is 12.1 Å². The molecule has 1 aliphatic rings. The predicted molar refractivity (Wildman–Crippen MR) is 99.1 cm³/mol. The van der Waals surface area contributed by atoms with Crippen molar-refractivity contribution in [3.05, 3.63) is 48.0 Å². The first kappa shape index (κ1) is 20.2. The quantitative estimate of drug-likeness (QED) is 0.800. The summed E-state index contributed by atoms with van der Waals surface area (Å²) in [4.78, 5) is 12.6. The lowest BCUT2D eigenvalue weighted by atomic mass is 9.90. The molecule has 1 unspecified atom stereocenters. The molecule has 2 heterocycles. The fourth-order valence-corrected chi connectivity index (χ4v) is 3.13. The molecule has 8 heteroatoms. The maximum atomic E-state index is 13.2. The Bertz CT molecular complexity index is 739. The maximum absolute atomic E-state index is 13.2. The summed E-state index contributed by atoms with van der Waals surface area (Å²) in [6.07, 6.45) is 3.51. The van der Waals surface area contributed by atoms with Crippen LogP contribution in [-0.4, -0.2) is 41.4 Å². The molecule has 142 valence electrons. The van der Waals surface area contributed by atoms with Gasteiger partial charge in [-0.3, -0.25) is 9.48 Å². The van der Waals surface area contributed by atoms with E-state index in [1.165, 1.54) is 12.1 Å². The summed E-state index contributed by atoms with van der Waals surface area (Å²) in [6, 6.07) is 5.99. The van der Waals surface area contributed by atoms with Gasteiger partial charge in [-0.2, -0.15) is 5.10 Å². The zero-order valence-electron chi connectivity index (χ0n) is 14.8. The molecule has 1 amide bonds. The average Bonchev–Trinajstić information content (AvgIpc) is 3.21. The molecule has 1 fully saturated rings. The van der Waals surface area contributed by atoms with Gasteiger partial charge in [-0.25, -0.2) is 4.39 Å². The van der Waals surface area contributed by atoms with Crippen LogP contribution in [-0.2, 0) is 11.8 Å². The normalized spacial score (nSPS) is 20.3. The Balaban J connectivity index is 0.00000243. The highest BCUT2D eigenvalue weighted by molar-refractivity contribution is 5.85. The lowest BCUT2D eigenvalue weighted by Crippen LogP contribution is -2.39. The molecule has 1 saturated heterocycles. The average molecular weight is 383 g/mol. The van der Waals surface area contributed by atoms with Gasteiger partial charge in [-0.05, 0) is 24.6 Å². The molecule has 3 atom stereocenters. The van der Waals surface area contributed by atoms with Crippen molar-refractivity contribution in [1.29, 1.82) is 0 Å². The van der Waals surface area contributed by atoms with Crippen LogP contribution in [0.25, 0.3) is 0 Å². The number of hydrogen-bond donors (Lipinski definition) is 2. The highest BCUT2D eigenvalue weighted by Crippen LogP contribution is 2.27. The van der Waals surface area contributed by atoms with E-state index in [1.54, 1.807) is 16.8 Å². The molecule has 26 heavy (non-hydrogen) atoms. The highest BCUT2D eigenvalue weighted by atomic mass is 35.5. The number of ether oxygens (including phenoxy) is 1. The molecule has 1 aliphatic heterocycles. The topological polar surface area (TPSA) is 68.2 Å². The Morgan fingerprint density at radius 3 is 3.00 bits per heavy atom. The Morgan fingerprint density at radius 1 is 1.50 bits per heavy atom. The van der Waals surface area contributed by atoms with Crippen LogP contribution >= 0.6 is 12.4 Å².